The van der Waals surface area contributed by atoms with Crippen molar-refractivity contribution in [2.24, 2.45) is 0 Å². The highest BCUT2D eigenvalue weighted by Crippen LogP contribution is 2.30. The van der Waals surface area contributed by atoms with Gasteiger partial charge in [0.2, 0.25) is 10.0 Å². The number of ether oxygens (including phenoxy) is 3. The number of benzene rings is 2. The van der Waals surface area contributed by atoms with Crippen LogP contribution in [0.5, 0.6) is 11.5 Å². The first kappa shape index (κ1) is 24.0. The molecular weight excluding hydrogens is 432 g/mol. The number of morpholine rings is 1. The van der Waals surface area contributed by atoms with E-state index in [9.17, 15) is 13.2 Å². The zero-order valence-corrected chi connectivity index (χ0v) is 19.9. The first-order valence-electron chi connectivity index (χ1n) is 10.4. The summed E-state index contributed by atoms with van der Waals surface area (Å²) in [5.74, 6) is 0.581. The van der Waals surface area contributed by atoms with Gasteiger partial charge in [0.1, 0.15) is 11.5 Å². The van der Waals surface area contributed by atoms with E-state index in [0.29, 0.717) is 24.7 Å². The predicted molar refractivity (Wildman–Crippen MR) is 122 cm³/mol. The molecule has 0 spiro atoms. The van der Waals surface area contributed by atoms with Crippen molar-refractivity contribution in [2.45, 2.75) is 38.7 Å². The number of aryl methyl sites for hydroxylation is 2. The molecule has 0 saturated carbocycles. The van der Waals surface area contributed by atoms with Crippen molar-refractivity contribution in [1.29, 1.82) is 0 Å². The van der Waals surface area contributed by atoms with Crippen LogP contribution in [0.3, 0.4) is 0 Å². The van der Waals surface area contributed by atoms with E-state index in [-0.39, 0.29) is 23.7 Å². The van der Waals surface area contributed by atoms with Gasteiger partial charge in [-0.25, -0.2) is 8.42 Å². The summed E-state index contributed by atoms with van der Waals surface area (Å²) < 4.78 is 43.8. The Morgan fingerprint density at radius 2 is 1.78 bits per heavy atom. The number of carbonyl (C=O) groups excluding carboxylic acids is 1. The second-order valence-electron chi connectivity index (χ2n) is 7.83. The van der Waals surface area contributed by atoms with E-state index >= 15 is 0 Å². The van der Waals surface area contributed by atoms with Crippen molar-refractivity contribution < 1.29 is 27.4 Å². The Labute approximate surface area is 189 Å². The minimum Gasteiger partial charge on any atom is -0.495 e. The lowest BCUT2D eigenvalue weighted by Crippen LogP contribution is -2.40. The molecule has 1 amide bonds. The van der Waals surface area contributed by atoms with Crippen molar-refractivity contribution in [1.82, 2.24) is 4.31 Å². The third-order valence-electron chi connectivity index (χ3n) is 5.47. The molecule has 0 unspecified atom stereocenters. The average molecular weight is 463 g/mol. The highest BCUT2D eigenvalue weighted by atomic mass is 32.2. The van der Waals surface area contributed by atoms with E-state index < -0.39 is 22.0 Å². The zero-order chi connectivity index (χ0) is 23.5. The molecule has 1 aliphatic heterocycles. The number of nitrogens with one attached hydrogen (secondary N) is 1. The normalized spacial score (nSPS) is 15.8. The molecule has 3 rings (SSSR count). The van der Waals surface area contributed by atoms with Crippen molar-refractivity contribution in [3.05, 3.63) is 47.0 Å². The van der Waals surface area contributed by atoms with Gasteiger partial charge >= 0.3 is 0 Å². The monoisotopic (exact) mass is 462 g/mol. The van der Waals surface area contributed by atoms with Gasteiger partial charge in [-0.05, 0) is 68.7 Å². The Bertz CT molecular complexity index is 1090. The SMILES string of the molecule is COc1ccc(S(=O)(=O)N2CCOCC2)cc1NC(=O)[C@@H](C)Oc1cc(C)cc(C)c1C. The molecule has 174 valence electrons. The topological polar surface area (TPSA) is 94.2 Å². The fourth-order valence-electron chi connectivity index (χ4n) is 3.48. The van der Waals surface area contributed by atoms with Crippen LogP contribution in [0.15, 0.2) is 35.2 Å². The Hall–Kier alpha value is -2.62. The number of sulfonamides is 1. The molecule has 8 nitrogen and oxygen atoms in total. The van der Waals surface area contributed by atoms with Crippen LogP contribution in [0, 0.1) is 20.8 Å². The molecule has 1 N–H and O–H groups in total. The van der Waals surface area contributed by atoms with Crippen LogP contribution in [0.25, 0.3) is 0 Å². The zero-order valence-electron chi connectivity index (χ0n) is 19.1. The molecule has 2 aromatic carbocycles. The molecule has 1 heterocycles. The summed E-state index contributed by atoms with van der Waals surface area (Å²) in [5, 5.41) is 2.75. The fraction of sp³-hybridized carbons (Fsp3) is 0.435. The number of carbonyl (C=O) groups is 1. The first-order valence-corrected chi connectivity index (χ1v) is 11.9. The van der Waals surface area contributed by atoms with Gasteiger partial charge in [-0.2, -0.15) is 4.31 Å². The Kier molecular flexibility index (Phi) is 7.43. The number of amides is 1. The molecule has 1 fully saturated rings. The van der Waals surface area contributed by atoms with Crippen LogP contribution in [-0.2, 0) is 19.6 Å². The van der Waals surface area contributed by atoms with E-state index in [1.54, 1.807) is 6.92 Å². The molecule has 0 aliphatic carbocycles. The predicted octanol–water partition coefficient (Wildman–Crippen LogP) is 3.05. The maximum Gasteiger partial charge on any atom is 0.265 e. The van der Waals surface area contributed by atoms with E-state index in [2.05, 4.69) is 11.4 Å². The molecule has 1 saturated heterocycles. The summed E-state index contributed by atoms with van der Waals surface area (Å²) in [5.41, 5.74) is 3.35. The standard InChI is InChI=1S/C23H30N2O6S/c1-15-12-16(2)17(3)22(13-15)31-18(4)23(26)24-20-14-19(6-7-21(20)29-5)32(27,28)25-8-10-30-11-9-25/h6-7,12-14,18H,8-11H2,1-5H3,(H,24,26)/t18-/m1/s1. The maximum absolute atomic E-state index is 13.0. The van der Waals surface area contributed by atoms with Crippen molar-refractivity contribution in [3.8, 4) is 11.5 Å². The summed E-state index contributed by atoms with van der Waals surface area (Å²) in [4.78, 5) is 12.9. The van der Waals surface area contributed by atoms with Gasteiger partial charge in [0, 0.05) is 13.1 Å². The smallest absolute Gasteiger partial charge is 0.265 e. The highest BCUT2D eigenvalue weighted by Gasteiger charge is 2.28. The molecular formula is C23H30N2O6S. The van der Waals surface area contributed by atoms with Crippen LogP contribution in [0.1, 0.15) is 23.6 Å². The summed E-state index contributed by atoms with van der Waals surface area (Å²) in [7, 11) is -2.26. The summed E-state index contributed by atoms with van der Waals surface area (Å²) in [6, 6.07) is 8.36. The number of hydrogen-bond donors (Lipinski definition) is 1. The highest BCUT2D eigenvalue weighted by molar-refractivity contribution is 7.89. The largest absolute Gasteiger partial charge is 0.495 e. The average Bonchev–Trinajstić information content (AvgIpc) is 2.77. The molecule has 2 aromatic rings. The molecule has 0 radical (unpaired) electrons. The third kappa shape index (κ3) is 5.23. The quantitative estimate of drug-likeness (QED) is 0.680. The third-order valence-corrected chi connectivity index (χ3v) is 7.37. The number of rotatable bonds is 7. The molecule has 9 heteroatoms. The minimum atomic E-state index is -3.71. The van der Waals surface area contributed by atoms with Crippen molar-refractivity contribution in [3.63, 3.8) is 0 Å². The second-order valence-corrected chi connectivity index (χ2v) is 9.77. The summed E-state index contributed by atoms with van der Waals surface area (Å²) in [6.45, 7) is 8.83. The molecule has 32 heavy (non-hydrogen) atoms. The number of methoxy groups -OCH3 is 1. The van der Waals surface area contributed by atoms with Crippen LogP contribution in [0.4, 0.5) is 5.69 Å². The minimum absolute atomic E-state index is 0.0780. The Morgan fingerprint density at radius 1 is 1.09 bits per heavy atom. The van der Waals surface area contributed by atoms with Crippen LogP contribution in [-0.4, -0.2) is 58.1 Å². The van der Waals surface area contributed by atoms with Gasteiger partial charge in [0.25, 0.3) is 5.91 Å². The Morgan fingerprint density at radius 3 is 2.44 bits per heavy atom. The van der Waals surface area contributed by atoms with E-state index in [1.807, 2.05) is 26.8 Å². The van der Waals surface area contributed by atoms with Gasteiger partial charge in [-0.15, -0.1) is 0 Å². The van der Waals surface area contributed by atoms with Crippen molar-refractivity contribution in [2.75, 3.05) is 38.7 Å². The van der Waals surface area contributed by atoms with Gasteiger partial charge < -0.3 is 19.5 Å². The maximum atomic E-state index is 13.0. The van der Waals surface area contributed by atoms with Crippen molar-refractivity contribution >= 4 is 21.6 Å². The number of hydrogen-bond acceptors (Lipinski definition) is 6. The van der Waals surface area contributed by atoms with E-state index in [1.165, 1.54) is 29.6 Å². The van der Waals surface area contributed by atoms with E-state index in [0.717, 1.165) is 16.7 Å². The van der Waals surface area contributed by atoms with Gasteiger partial charge in [0.15, 0.2) is 6.10 Å². The molecule has 1 aliphatic rings. The fourth-order valence-corrected chi connectivity index (χ4v) is 4.92. The van der Waals surface area contributed by atoms with Crippen LogP contribution >= 0.6 is 0 Å². The lowest BCUT2D eigenvalue weighted by atomic mass is 10.1. The summed E-state index contributed by atoms with van der Waals surface area (Å²) >= 11 is 0. The lowest BCUT2D eigenvalue weighted by molar-refractivity contribution is -0.122. The first-order chi connectivity index (χ1) is 15.1. The van der Waals surface area contributed by atoms with Gasteiger partial charge in [-0.1, -0.05) is 6.07 Å². The number of nitrogens with zero attached hydrogens (tertiary/aromatic N) is 1. The molecule has 0 bridgehead atoms. The second kappa shape index (κ2) is 9.89. The Balaban J connectivity index is 1.81. The van der Waals surface area contributed by atoms with Gasteiger partial charge in [-0.3, -0.25) is 4.79 Å². The molecule has 0 aromatic heterocycles. The number of anilines is 1. The van der Waals surface area contributed by atoms with E-state index in [4.69, 9.17) is 14.2 Å². The van der Waals surface area contributed by atoms with Crippen LogP contribution in [0.2, 0.25) is 0 Å². The summed E-state index contributed by atoms with van der Waals surface area (Å²) in [6.07, 6.45) is -0.806. The van der Waals surface area contributed by atoms with Crippen LogP contribution < -0.4 is 14.8 Å². The molecule has 1 atom stereocenters. The lowest BCUT2D eigenvalue weighted by Gasteiger charge is -2.26. The van der Waals surface area contributed by atoms with Gasteiger partial charge in [0.05, 0.1) is 30.9 Å².